The molecule has 0 aromatic carbocycles. The summed E-state index contributed by atoms with van der Waals surface area (Å²) in [4.78, 5) is 23.5. The highest BCUT2D eigenvalue weighted by Crippen LogP contribution is 2.17. The maximum Gasteiger partial charge on any atom is 0.309 e. The lowest BCUT2D eigenvalue weighted by molar-refractivity contribution is -0.140. The first-order valence-corrected chi connectivity index (χ1v) is 7.02. The van der Waals surface area contributed by atoms with Gasteiger partial charge in [-0.15, -0.1) is 0 Å². The third kappa shape index (κ3) is 3.86. The lowest BCUT2D eigenvalue weighted by Crippen LogP contribution is -2.48. The van der Waals surface area contributed by atoms with Gasteiger partial charge in [0, 0.05) is 12.1 Å². The second kappa shape index (κ2) is 6.57. The van der Waals surface area contributed by atoms with Crippen LogP contribution >= 0.6 is 0 Å². The summed E-state index contributed by atoms with van der Waals surface area (Å²) >= 11 is 0. The minimum atomic E-state index is -0.471. The normalized spacial score (nSPS) is 24.6. The number of nitrogens with one attached hydrogen (secondary N) is 2. The molecule has 2 amide bonds. The number of carbonyl (C=O) groups is 2. The van der Waals surface area contributed by atoms with Crippen LogP contribution in [-0.4, -0.2) is 23.9 Å². The molecular formula is C14H22N2O2. The largest absolute Gasteiger partial charge is 0.345 e. The van der Waals surface area contributed by atoms with Crippen molar-refractivity contribution in [3.05, 3.63) is 12.2 Å². The smallest absolute Gasteiger partial charge is 0.309 e. The van der Waals surface area contributed by atoms with Crippen LogP contribution in [0.25, 0.3) is 0 Å². The first-order valence-electron chi connectivity index (χ1n) is 7.02. The van der Waals surface area contributed by atoms with Crippen molar-refractivity contribution in [2.45, 2.75) is 63.5 Å². The lowest BCUT2D eigenvalue weighted by atomic mass is 9.95. The third-order valence-electron chi connectivity index (χ3n) is 3.75. The number of hydrogen-bond donors (Lipinski definition) is 2. The molecule has 100 valence electrons. The topological polar surface area (TPSA) is 58.2 Å². The summed E-state index contributed by atoms with van der Waals surface area (Å²) in [7, 11) is 0. The fourth-order valence-corrected chi connectivity index (χ4v) is 2.67. The molecule has 0 aromatic rings. The van der Waals surface area contributed by atoms with Gasteiger partial charge in [-0.3, -0.25) is 9.59 Å². The molecule has 1 atom stereocenters. The Hall–Kier alpha value is -1.32. The summed E-state index contributed by atoms with van der Waals surface area (Å²) in [5.74, 6) is -0.933. The first kappa shape index (κ1) is 13.1. The second-order valence-corrected chi connectivity index (χ2v) is 5.26. The zero-order valence-electron chi connectivity index (χ0n) is 10.8. The van der Waals surface area contributed by atoms with Crippen LogP contribution in [0.15, 0.2) is 12.2 Å². The van der Waals surface area contributed by atoms with E-state index in [4.69, 9.17) is 0 Å². The number of allylic oxidation sites excluding steroid dienone is 1. The molecule has 1 unspecified atom stereocenters. The molecule has 0 saturated heterocycles. The van der Waals surface area contributed by atoms with Crippen molar-refractivity contribution in [1.29, 1.82) is 0 Å². The highest BCUT2D eigenvalue weighted by atomic mass is 16.2. The van der Waals surface area contributed by atoms with Gasteiger partial charge >= 0.3 is 11.8 Å². The molecule has 4 nitrogen and oxygen atoms in total. The molecule has 0 bridgehead atoms. The number of rotatable bonds is 2. The summed E-state index contributed by atoms with van der Waals surface area (Å²) in [6.45, 7) is 0. The average molecular weight is 250 g/mol. The molecule has 18 heavy (non-hydrogen) atoms. The summed E-state index contributed by atoms with van der Waals surface area (Å²) in [5.41, 5.74) is 0. The molecule has 2 rings (SSSR count). The van der Waals surface area contributed by atoms with Gasteiger partial charge in [-0.05, 0) is 32.1 Å². The lowest BCUT2D eigenvalue weighted by Gasteiger charge is -2.23. The zero-order valence-corrected chi connectivity index (χ0v) is 10.8. The molecule has 0 aliphatic heterocycles. The Bertz CT molecular complexity index is 333. The van der Waals surface area contributed by atoms with Crippen LogP contribution in [0.2, 0.25) is 0 Å². The van der Waals surface area contributed by atoms with Gasteiger partial charge in [-0.2, -0.15) is 0 Å². The second-order valence-electron chi connectivity index (χ2n) is 5.26. The molecular weight excluding hydrogens is 228 g/mol. The van der Waals surface area contributed by atoms with Crippen molar-refractivity contribution < 1.29 is 9.59 Å². The maximum atomic E-state index is 11.7. The van der Waals surface area contributed by atoms with E-state index >= 15 is 0 Å². The first-order chi connectivity index (χ1) is 8.75. The van der Waals surface area contributed by atoms with Crippen molar-refractivity contribution in [3.8, 4) is 0 Å². The molecule has 1 saturated carbocycles. The fraction of sp³-hybridized carbons (Fsp3) is 0.714. The van der Waals surface area contributed by atoms with Gasteiger partial charge in [0.15, 0.2) is 0 Å². The van der Waals surface area contributed by atoms with E-state index in [0.29, 0.717) is 0 Å². The Morgan fingerprint density at radius 3 is 2.11 bits per heavy atom. The van der Waals surface area contributed by atoms with E-state index in [1.54, 1.807) is 0 Å². The van der Waals surface area contributed by atoms with Crippen molar-refractivity contribution >= 4 is 11.8 Å². The van der Waals surface area contributed by atoms with Crippen molar-refractivity contribution in [2.75, 3.05) is 0 Å². The number of amides is 2. The summed E-state index contributed by atoms with van der Waals surface area (Å²) < 4.78 is 0. The average Bonchev–Trinajstić information content (AvgIpc) is 2.41. The predicted octanol–water partition coefficient (Wildman–Crippen LogP) is 1.66. The van der Waals surface area contributed by atoms with Gasteiger partial charge < -0.3 is 10.6 Å². The van der Waals surface area contributed by atoms with Gasteiger partial charge in [0.05, 0.1) is 0 Å². The van der Waals surface area contributed by atoms with Crippen LogP contribution in [0, 0.1) is 0 Å². The highest BCUT2D eigenvalue weighted by Gasteiger charge is 2.22. The molecule has 2 aliphatic carbocycles. The van der Waals surface area contributed by atoms with Crippen molar-refractivity contribution in [1.82, 2.24) is 10.6 Å². The number of carbonyl (C=O) groups excluding carboxylic acids is 2. The van der Waals surface area contributed by atoms with E-state index in [1.807, 2.05) is 0 Å². The van der Waals surface area contributed by atoms with Crippen molar-refractivity contribution in [3.63, 3.8) is 0 Å². The van der Waals surface area contributed by atoms with Crippen molar-refractivity contribution in [2.24, 2.45) is 0 Å². The molecule has 0 aromatic heterocycles. The monoisotopic (exact) mass is 250 g/mol. The summed E-state index contributed by atoms with van der Waals surface area (Å²) in [6, 6.07) is 0.322. The SMILES string of the molecule is O=C(NC1CC=CCC1)C(=O)NC1CCCCC1. The molecule has 0 radical (unpaired) electrons. The standard InChI is InChI=1S/C14H22N2O2/c17-13(15-11-7-3-1-4-8-11)14(18)16-12-9-5-2-6-10-12/h1,3,11-12H,2,4-10H2,(H,15,17)(H,16,18). The van der Waals surface area contributed by atoms with E-state index in [-0.39, 0.29) is 12.1 Å². The summed E-state index contributed by atoms with van der Waals surface area (Å²) in [6.07, 6.45) is 12.5. The van der Waals surface area contributed by atoms with Crippen LogP contribution in [0.3, 0.4) is 0 Å². The quantitative estimate of drug-likeness (QED) is 0.578. The van der Waals surface area contributed by atoms with Gasteiger partial charge in [-0.1, -0.05) is 31.4 Å². The van der Waals surface area contributed by atoms with Gasteiger partial charge in [-0.25, -0.2) is 0 Å². The van der Waals surface area contributed by atoms with Gasteiger partial charge in [0.25, 0.3) is 0 Å². The molecule has 0 heterocycles. The Morgan fingerprint density at radius 2 is 1.50 bits per heavy atom. The van der Waals surface area contributed by atoms with Gasteiger partial charge in [0.1, 0.15) is 0 Å². The molecule has 2 N–H and O–H groups in total. The number of hydrogen-bond acceptors (Lipinski definition) is 2. The van der Waals surface area contributed by atoms with E-state index in [9.17, 15) is 9.59 Å². The molecule has 4 heteroatoms. The van der Waals surface area contributed by atoms with Crippen LogP contribution in [0.1, 0.15) is 51.4 Å². The Morgan fingerprint density at radius 1 is 0.833 bits per heavy atom. The van der Waals surface area contributed by atoms with E-state index in [1.165, 1.54) is 6.42 Å². The van der Waals surface area contributed by atoms with E-state index in [0.717, 1.165) is 44.9 Å². The molecule has 2 aliphatic rings. The van der Waals surface area contributed by atoms with E-state index < -0.39 is 11.8 Å². The van der Waals surface area contributed by atoms with E-state index in [2.05, 4.69) is 22.8 Å². The van der Waals surface area contributed by atoms with Crippen LogP contribution in [0.4, 0.5) is 0 Å². The maximum absolute atomic E-state index is 11.7. The Kier molecular flexibility index (Phi) is 4.79. The third-order valence-corrected chi connectivity index (χ3v) is 3.75. The summed E-state index contributed by atoms with van der Waals surface area (Å²) in [5, 5.41) is 5.65. The zero-order chi connectivity index (χ0) is 12.8. The van der Waals surface area contributed by atoms with Gasteiger partial charge in [0.2, 0.25) is 0 Å². The molecule has 0 spiro atoms. The Balaban J connectivity index is 1.73. The van der Waals surface area contributed by atoms with Crippen LogP contribution < -0.4 is 10.6 Å². The fourth-order valence-electron chi connectivity index (χ4n) is 2.67. The minimum absolute atomic E-state index is 0.125. The highest BCUT2D eigenvalue weighted by molar-refractivity contribution is 6.35. The van der Waals surface area contributed by atoms with Crippen LogP contribution in [-0.2, 0) is 9.59 Å². The minimum Gasteiger partial charge on any atom is -0.345 e. The Labute approximate surface area is 108 Å². The predicted molar refractivity (Wildman–Crippen MR) is 69.9 cm³/mol. The molecule has 1 fully saturated rings. The van der Waals surface area contributed by atoms with Crippen LogP contribution in [0.5, 0.6) is 0 Å².